The summed E-state index contributed by atoms with van der Waals surface area (Å²) in [4.78, 5) is 11.9. The highest BCUT2D eigenvalue weighted by molar-refractivity contribution is 6.00. The maximum Gasteiger partial charge on any atom is 0.204 e. The number of fused-ring (bicyclic) bond motifs is 1. The highest BCUT2D eigenvalue weighted by Crippen LogP contribution is 2.43. The molecule has 102 valence electrons. The molecule has 1 aromatic rings. The molecular formula is C15H18O4. The molecule has 1 fully saturated rings. The number of carbonyl (C=O) groups excluding carboxylic acids is 1. The van der Waals surface area contributed by atoms with Crippen molar-refractivity contribution in [3.05, 3.63) is 17.7 Å². The van der Waals surface area contributed by atoms with Gasteiger partial charge in [-0.25, -0.2) is 0 Å². The molecule has 4 heteroatoms. The molecule has 3 rings (SSSR count). The Balaban J connectivity index is 1.98. The zero-order chi connectivity index (χ0) is 13.2. The van der Waals surface area contributed by atoms with Crippen molar-refractivity contribution in [2.45, 2.75) is 38.2 Å². The van der Waals surface area contributed by atoms with Gasteiger partial charge in [0, 0.05) is 6.42 Å². The first-order valence-electron chi connectivity index (χ1n) is 6.83. The minimum Gasteiger partial charge on any atom is -0.493 e. The van der Waals surface area contributed by atoms with E-state index in [-0.39, 0.29) is 11.9 Å². The zero-order valence-electron chi connectivity index (χ0n) is 11.1. The minimum atomic E-state index is 0.111. The maximum absolute atomic E-state index is 11.9. The Morgan fingerprint density at radius 2 is 2.05 bits per heavy atom. The summed E-state index contributed by atoms with van der Waals surface area (Å²) in [6.45, 7) is 0.417. The summed E-state index contributed by atoms with van der Waals surface area (Å²) in [6, 6.07) is 3.55. The van der Waals surface area contributed by atoms with E-state index >= 15 is 0 Å². The Morgan fingerprint density at radius 3 is 2.79 bits per heavy atom. The van der Waals surface area contributed by atoms with Gasteiger partial charge in [-0.05, 0) is 37.8 Å². The van der Waals surface area contributed by atoms with Gasteiger partial charge in [-0.1, -0.05) is 0 Å². The average Bonchev–Trinajstić information content (AvgIpc) is 2.93. The zero-order valence-corrected chi connectivity index (χ0v) is 11.1. The number of hydrogen-bond acceptors (Lipinski definition) is 4. The van der Waals surface area contributed by atoms with Gasteiger partial charge < -0.3 is 14.2 Å². The molecule has 4 nitrogen and oxygen atoms in total. The van der Waals surface area contributed by atoms with E-state index in [1.54, 1.807) is 19.2 Å². The molecule has 19 heavy (non-hydrogen) atoms. The number of rotatable bonds is 3. The SMILES string of the molecule is COc1ccc2c(c1OC1CCCC1)OCCC2=O. The van der Waals surface area contributed by atoms with Crippen LogP contribution in [-0.2, 0) is 0 Å². The monoisotopic (exact) mass is 262 g/mol. The molecule has 1 saturated carbocycles. The van der Waals surface area contributed by atoms with Crippen molar-refractivity contribution in [1.29, 1.82) is 0 Å². The maximum atomic E-state index is 11.9. The van der Waals surface area contributed by atoms with E-state index in [0.717, 1.165) is 12.8 Å². The lowest BCUT2D eigenvalue weighted by Gasteiger charge is -2.23. The molecule has 2 aliphatic rings. The van der Waals surface area contributed by atoms with Gasteiger partial charge in [0.2, 0.25) is 5.75 Å². The Labute approximate surface area is 112 Å². The van der Waals surface area contributed by atoms with Crippen LogP contribution in [0.4, 0.5) is 0 Å². The van der Waals surface area contributed by atoms with Crippen LogP contribution >= 0.6 is 0 Å². The van der Waals surface area contributed by atoms with Crippen LogP contribution < -0.4 is 14.2 Å². The van der Waals surface area contributed by atoms with Crippen LogP contribution in [-0.4, -0.2) is 25.6 Å². The van der Waals surface area contributed by atoms with Crippen molar-refractivity contribution in [1.82, 2.24) is 0 Å². The van der Waals surface area contributed by atoms with Gasteiger partial charge in [-0.2, -0.15) is 0 Å². The molecule has 1 heterocycles. The van der Waals surface area contributed by atoms with E-state index in [2.05, 4.69) is 0 Å². The summed E-state index contributed by atoms with van der Waals surface area (Å²) in [5, 5.41) is 0. The van der Waals surface area contributed by atoms with E-state index in [4.69, 9.17) is 14.2 Å². The van der Waals surface area contributed by atoms with Crippen molar-refractivity contribution in [3.8, 4) is 17.2 Å². The molecule has 1 aromatic carbocycles. The Hall–Kier alpha value is -1.71. The van der Waals surface area contributed by atoms with Gasteiger partial charge in [0.1, 0.15) is 0 Å². The molecule has 0 bridgehead atoms. The predicted octanol–water partition coefficient (Wildman–Crippen LogP) is 2.98. The van der Waals surface area contributed by atoms with E-state index in [1.807, 2.05) is 0 Å². The first-order chi connectivity index (χ1) is 9.29. The van der Waals surface area contributed by atoms with Gasteiger partial charge in [0.05, 0.1) is 25.4 Å². The summed E-state index contributed by atoms with van der Waals surface area (Å²) in [5.41, 5.74) is 0.611. The lowest BCUT2D eigenvalue weighted by Crippen LogP contribution is -2.19. The number of methoxy groups -OCH3 is 1. The van der Waals surface area contributed by atoms with Crippen molar-refractivity contribution in [2.24, 2.45) is 0 Å². The Kier molecular flexibility index (Phi) is 3.32. The molecule has 0 aromatic heterocycles. The van der Waals surface area contributed by atoms with Crippen LogP contribution in [0.2, 0.25) is 0 Å². The van der Waals surface area contributed by atoms with Crippen LogP contribution in [0.15, 0.2) is 12.1 Å². The van der Waals surface area contributed by atoms with Gasteiger partial charge in [-0.3, -0.25) is 4.79 Å². The van der Waals surface area contributed by atoms with E-state index in [9.17, 15) is 4.79 Å². The molecule has 0 atom stereocenters. The second-order valence-corrected chi connectivity index (χ2v) is 5.02. The lowest BCUT2D eigenvalue weighted by atomic mass is 10.0. The topological polar surface area (TPSA) is 44.8 Å². The van der Waals surface area contributed by atoms with Gasteiger partial charge >= 0.3 is 0 Å². The van der Waals surface area contributed by atoms with E-state index in [1.165, 1.54) is 12.8 Å². The van der Waals surface area contributed by atoms with Crippen molar-refractivity contribution in [2.75, 3.05) is 13.7 Å². The number of hydrogen-bond donors (Lipinski definition) is 0. The van der Waals surface area contributed by atoms with Crippen molar-refractivity contribution >= 4 is 5.78 Å². The minimum absolute atomic E-state index is 0.111. The molecule has 0 unspecified atom stereocenters. The number of Topliss-reactive ketones (excluding diaryl/α,β-unsaturated/α-hetero) is 1. The molecule has 0 N–H and O–H groups in total. The number of benzene rings is 1. The summed E-state index contributed by atoms with van der Waals surface area (Å²) < 4.78 is 17.0. The van der Waals surface area contributed by atoms with Crippen LogP contribution in [0, 0.1) is 0 Å². The summed E-state index contributed by atoms with van der Waals surface area (Å²) in [7, 11) is 1.61. The molecule has 1 aliphatic heterocycles. The first-order valence-corrected chi connectivity index (χ1v) is 6.83. The van der Waals surface area contributed by atoms with Gasteiger partial charge in [0.15, 0.2) is 17.3 Å². The molecule has 0 saturated heterocycles. The van der Waals surface area contributed by atoms with E-state index < -0.39 is 0 Å². The fraction of sp³-hybridized carbons (Fsp3) is 0.533. The van der Waals surface area contributed by atoms with Gasteiger partial charge in [0.25, 0.3) is 0 Å². The third kappa shape index (κ3) is 2.27. The molecular weight excluding hydrogens is 244 g/mol. The Morgan fingerprint density at radius 1 is 1.26 bits per heavy atom. The third-order valence-corrected chi connectivity index (χ3v) is 3.76. The first kappa shape index (κ1) is 12.3. The van der Waals surface area contributed by atoms with E-state index in [0.29, 0.717) is 35.8 Å². The number of carbonyl (C=O) groups is 1. The predicted molar refractivity (Wildman–Crippen MR) is 70.3 cm³/mol. The van der Waals surface area contributed by atoms with Crippen LogP contribution in [0.1, 0.15) is 42.5 Å². The Bertz CT molecular complexity index is 489. The van der Waals surface area contributed by atoms with Crippen LogP contribution in [0.3, 0.4) is 0 Å². The third-order valence-electron chi connectivity index (χ3n) is 3.76. The van der Waals surface area contributed by atoms with Crippen LogP contribution in [0.25, 0.3) is 0 Å². The molecule has 1 aliphatic carbocycles. The molecule has 0 amide bonds. The van der Waals surface area contributed by atoms with Gasteiger partial charge in [-0.15, -0.1) is 0 Å². The smallest absolute Gasteiger partial charge is 0.204 e. The highest BCUT2D eigenvalue weighted by atomic mass is 16.5. The summed E-state index contributed by atoms with van der Waals surface area (Å²) in [6.07, 6.45) is 5.15. The normalized spacial score (nSPS) is 18.9. The molecule has 0 spiro atoms. The summed E-state index contributed by atoms with van der Waals surface area (Å²) in [5.74, 6) is 1.91. The second kappa shape index (κ2) is 5.11. The molecule has 0 radical (unpaired) electrons. The highest BCUT2D eigenvalue weighted by Gasteiger charge is 2.27. The average molecular weight is 262 g/mol. The quantitative estimate of drug-likeness (QED) is 0.840. The largest absolute Gasteiger partial charge is 0.493 e. The second-order valence-electron chi connectivity index (χ2n) is 5.02. The lowest BCUT2D eigenvalue weighted by molar-refractivity contribution is 0.0924. The fourth-order valence-corrected chi connectivity index (χ4v) is 2.73. The number of ketones is 1. The standard InChI is InChI=1S/C15H18O4/c1-17-13-7-6-11-12(16)8-9-18-14(11)15(13)19-10-4-2-3-5-10/h6-7,10H,2-5,8-9H2,1H3. The number of ether oxygens (including phenoxy) is 3. The fourth-order valence-electron chi connectivity index (χ4n) is 2.73. The summed E-state index contributed by atoms with van der Waals surface area (Å²) >= 11 is 0. The van der Waals surface area contributed by atoms with Crippen molar-refractivity contribution in [3.63, 3.8) is 0 Å². The van der Waals surface area contributed by atoms with Crippen molar-refractivity contribution < 1.29 is 19.0 Å². The van der Waals surface area contributed by atoms with Crippen LogP contribution in [0.5, 0.6) is 17.2 Å².